The van der Waals surface area contributed by atoms with Crippen LogP contribution in [0.1, 0.15) is 112 Å². The topological polar surface area (TPSA) is 7.76 Å². The van der Waals surface area contributed by atoms with Gasteiger partial charge in [-0.3, -0.25) is 0 Å². The maximum Gasteiger partial charge on any atom is 0.184 e. The predicted octanol–water partition coefficient (Wildman–Crippen LogP) is 6.62. The molecule has 174 valence electrons. The number of rotatable bonds is 13. The molecule has 2 aromatic rings. The van der Waals surface area contributed by atoms with Crippen molar-refractivity contribution in [3.05, 3.63) is 59.2 Å². The summed E-state index contributed by atoms with van der Waals surface area (Å²) >= 11 is 0. The van der Waals surface area contributed by atoms with E-state index >= 15 is 0 Å². The van der Waals surface area contributed by atoms with Crippen molar-refractivity contribution < 1.29 is 9.13 Å². The van der Waals surface area contributed by atoms with Crippen LogP contribution in [-0.4, -0.2) is 0 Å². The van der Waals surface area contributed by atoms with Crippen molar-refractivity contribution in [3.8, 4) is 0 Å². The highest BCUT2D eigenvalue weighted by molar-refractivity contribution is 5.18. The fourth-order valence-corrected chi connectivity index (χ4v) is 5.94. The second-order valence-corrected chi connectivity index (χ2v) is 10.3. The first-order valence-electron chi connectivity index (χ1n) is 13.9. The van der Waals surface area contributed by atoms with Crippen molar-refractivity contribution in [1.82, 2.24) is 0 Å². The van der Waals surface area contributed by atoms with Crippen molar-refractivity contribution in [2.24, 2.45) is 0 Å². The van der Waals surface area contributed by atoms with Gasteiger partial charge in [-0.1, -0.05) is 38.5 Å². The summed E-state index contributed by atoms with van der Waals surface area (Å²) in [5.41, 5.74) is 6.48. The van der Waals surface area contributed by atoms with Crippen LogP contribution in [0.25, 0.3) is 0 Å². The summed E-state index contributed by atoms with van der Waals surface area (Å²) in [7, 11) is 0. The van der Waals surface area contributed by atoms with Crippen LogP contribution in [-0.2, 0) is 38.8 Å². The second kappa shape index (κ2) is 13.1. The van der Waals surface area contributed by atoms with Crippen LogP contribution < -0.4 is 9.13 Å². The van der Waals surface area contributed by atoms with E-state index in [-0.39, 0.29) is 0 Å². The molecule has 2 aliphatic carbocycles. The second-order valence-electron chi connectivity index (χ2n) is 10.3. The molecule has 0 unspecified atom stereocenters. The summed E-state index contributed by atoms with van der Waals surface area (Å²) in [6.07, 6.45) is 29.4. The molecule has 0 radical (unpaired) electrons. The largest absolute Gasteiger partial charge is 0.202 e. The molecule has 32 heavy (non-hydrogen) atoms. The molecule has 4 rings (SSSR count). The molecule has 0 atom stereocenters. The normalized spacial score (nSPS) is 15.4. The number of fused-ring (bicyclic) bond motifs is 2. The minimum Gasteiger partial charge on any atom is -0.202 e. The fraction of sp³-hybridized carbons (Fsp3) is 0.667. The Balaban J connectivity index is 0.994. The van der Waals surface area contributed by atoms with Crippen LogP contribution in [0, 0.1) is 0 Å². The van der Waals surface area contributed by atoms with E-state index in [4.69, 9.17) is 0 Å². The number of hydrogen-bond donors (Lipinski definition) is 0. The monoisotopic (exact) mass is 434 g/mol. The first-order valence-corrected chi connectivity index (χ1v) is 13.9. The average Bonchev–Trinajstić information content (AvgIpc) is 2.85. The number of hydrogen-bond acceptors (Lipinski definition) is 0. The molecule has 0 saturated carbocycles. The molecule has 2 nitrogen and oxygen atoms in total. The van der Waals surface area contributed by atoms with Crippen LogP contribution in [0.3, 0.4) is 0 Å². The third-order valence-corrected chi connectivity index (χ3v) is 7.83. The first-order chi connectivity index (χ1) is 15.9. The van der Waals surface area contributed by atoms with E-state index in [0.717, 1.165) is 0 Å². The van der Waals surface area contributed by atoms with E-state index in [1.807, 2.05) is 0 Å². The molecule has 2 aromatic heterocycles. The molecule has 2 heterocycles. The van der Waals surface area contributed by atoms with E-state index in [0.29, 0.717) is 0 Å². The van der Waals surface area contributed by atoms with Gasteiger partial charge in [0.1, 0.15) is 13.1 Å². The van der Waals surface area contributed by atoms with Gasteiger partial charge in [0, 0.05) is 48.9 Å². The quantitative estimate of drug-likeness (QED) is 0.247. The third-order valence-electron chi connectivity index (χ3n) is 7.83. The Hall–Kier alpha value is -1.70. The average molecular weight is 435 g/mol. The molecular weight excluding hydrogens is 388 g/mol. The van der Waals surface area contributed by atoms with Crippen molar-refractivity contribution in [2.45, 2.75) is 129 Å². The molecule has 0 N–H and O–H groups in total. The van der Waals surface area contributed by atoms with Crippen molar-refractivity contribution in [1.29, 1.82) is 0 Å². The van der Waals surface area contributed by atoms with E-state index in [1.165, 1.54) is 129 Å². The molecule has 0 aliphatic heterocycles. The summed E-state index contributed by atoms with van der Waals surface area (Å²) in [5.74, 6) is 0. The SMILES string of the molecule is c1cc2c([n+](CCCCCCCCCCCC[n+]3cccc4c3CCCC4)c1)CCCC2. The number of aryl methyl sites for hydroxylation is 4. The van der Waals surface area contributed by atoms with Crippen molar-refractivity contribution >= 4 is 0 Å². The van der Waals surface area contributed by atoms with Crippen molar-refractivity contribution in [2.75, 3.05) is 0 Å². The molecular formula is C30H46N2+2. The van der Waals surface area contributed by atoms with Gasteiger partial charge in [-0.25, -0.2) is 9.13 Å². The Morgan fingerprint density at radius 1 is 0.469 bits per heavy atom. The lowest BCUT2D eigenvalue weighted by atomic mass is 9.95. The van der Waals surface area contributed by atoms with Gasteiger partial charge < -0.3 is 0 Å². The third kappa shape index (κ3) is 6.90. The van der Waals surface area contributed by atoms with Gasteiger partial charge >= 0.3 is 0 Å². The summed E-state index contributed by atoms with van der Waals surface area (Å²) in [5, 5.41) is 0. The number of pyridine rings is 2. The molecule has 0 aromatic carbocycles. The van der Waals surface area contributed by atoms with Crippen LogP contribution in [0.15, 0.2) is 36.7 Å². The maximum atomic E-state index is 2.55. The molecule has 0 saturated heterocycles. The molecule has 0 fully saturated rings. The van der Waals surface area contributed by atoms with Crippen molar-refractivity contribution in [3.63, 3.8) is 0 Å². The summed E-state index contributed by atoms with van der Waals surface area (Å²) in [6.45, 7) is 2.46. The Kier molecular flexibility index (Phi) is 9.61. The predicted molar refractivity (Wildman–Crippen MR) is 133 cm³/mol. The lowest BCUT2D eigenvalue weighted by Gasteiger charge is -2.13. The number of unbranched alkanes of at least 4 members (excludes halogenated alkanes) is 9. The Bertz CT molecular complexity index is 756. The number of aromatic nitrogens is 2. The van der Waals surface area contributed by atoms with Gasteiger partial charge in [0.25, 0.3) is 0 Å². The molecule has 0 amide bonds. The highest BCUT2D eigenvalue weighted by atomic mass is 15.0. The van der Waals surface area contributed by atoms with Gasteiger partial charge in [-0.15, -0.1) is 0 Å². The van der Waals surface area contributed by atoms with Gasteiger partial charge in [-0.2, -0.15) is 0 Å². The Labute approximate surface area is 197 Å². The van der Waals surface area contributed by atoms with Gasteiger partial charge in [0.2, 0.25) is 0 Å². The standard InChI is InChI=1S/C30H46N2/c1(3-5-7-13-23-31-25-15-19-27-17-9-11-21-29(27)31)2-4-6-8-14-24-32-26-16-20-28-18-10-12-22-30(28)32/h15-16,19-20,25-26H,1-14,17-18,21-24H2/q+2. The maximum absolute atomic E-state index is 2.55. The summed E-state index contributed by atoms with van der Waals surface area (Å²) < 4.78 is 5.11. The molecule has 2 heteroatoms. The van der Waals surface area contributed by atoms with Crippen LogP contribution >= 0.6 is 0 Å². The van der Waals surface area contributed by atoms with Crippen LogP contribution in [0.5, 0.6) is 0 Å². The van der Waals surface area contributed by atoms with Crippen LogP contribution in [0.2, 0.25) is 0 Å². The van der Waals surface area contributed by atoms with E-state index in [2.05, 4.69) is 45.8 Å². The van der Waals surface area contributed by atoms with E-state index < -0.39 is 0 Å². The van der Waals surface area contributed by atoms with Crippen LogP contribution in [0.4, 0.5) is 0 Å². The minimum atomic E-state index is 1.23. The Morgan fingerprint density at radius 3 is 1.28 bits per heavy atom. The zero-order valence-electron chi connectivity index (χ0n) is 20.5. The highest BCUT2D eigenvalue weighted by Crippen LogP contribution is 2.19. The van der Waals surface area contributed by atoms with Gasteiger partial charge in [0.05, 0.1) is 0 Å². The summed E-state index contributed by atoms with van der Waals surface area (Å²) in [6, 6.07) is 9.21. The fourth-order valence-electron chi connectivity index (χ4n) is 5.94. The zero-order valence-corrected chi connectivity index (χ0v) is 20.5. The summed E-state index contributed by atoms with van der Waals surface area (Å²) in [4.78, 5) is 0. The Morgan fingerprint density at radius 2 is 0.844 bits per heavy atom. The van der Waals surface area contributed by atoms with E-state index in [9.17, 15) is 0 Å². The minimum absolute atomic E-state index is 1.23. The first kappa shape index (κ1) is 23.5. The molecule has 0 spiro atoms. The highest BCUT2D eigenvalue weighted by Gasteiger charge is 2.19. The number of nitrogens with zero attached hydrogens (tertiary/aromatic N) is 2. The lowest BCUT2D eigenvalue weighted by molar-refractivity contribution is -0.705. The van der Waals surface area contributed by atoms with Gasteiger partial charge in [-0.05, 0) is 63.5 Å². The van der Waals surface area contributed by atoms with Gasteiger partial charge in [0.15, 0.2) is 23.8 Å². The lowest BCUT2D eigenvalue weighted by Crippen LogP contribution is -2.40. The zero-order chi connectivity index (χ0) is 21.8. The molecule has 2 aliphatic rings. The smallest absolute Gasteiger partial charge is 0.184 e. The van der Waals surface area contributed by atoms with E-state index in [1.54, 1.807) is 22.5 Å². The molecule has 0 bridgehead atoms.